The molecule has 2 amide bonds. The first kappa shape index (κ1) is 17.2. The molecule has 21 heavy (non-hydrogen) atoms. The lowest BCUT2D eigenvalue weighted by Gasteiger charge is -2.22. The molecule has 0 aromatic carbocycles. The third-order valence-electron chi connectivity index (χ3n) is 2.24. The molecule has 0 fully saturated rings. The second kappa shape index (κ2) is 6.71. The van der Waals surface area contributed by atoms with Gasteiger partial charge in [-0.3, -0.25) is 9.59 Å². The minimum Gasteiger partial charge on any atom is -0.458 e. The average molecular weight is 312 g/mol. The van der Waals surface area contributed by atoms with E-state index in [1.54, 1.807) is 39.8 Å². The number of nitrogens with one attached hydrogen (secondary N) is 2. The molecule has 0 saturated heterocycles. The van der Waals surface area contributed by atoms with Gasteiger partial charge < -0.3 is 15.4 Å². The molecule has 0 bridgehead atoms. The summed E-state index contributed by atoms with van der Waals surface area (Å²) in [5.74, 6) is -1.07. The predicted molar refractivity (Wildman–Crippen MR) is 81.4 cm³/mol. The van der Waals surface area contributed by atoms with Gasteiger partial charge in [-0.25, -0.2) is 4.79 Å². The van der Waals surface area contributed by atoms with Crippen LogP contribution in [0.2, 0.25) is 0 Å². The van der Waals surface area contributed by atoms with E-state index in [4.69, 9.17) is 4.74 Å². The molecule has 1 heterocycles. The van der Waals surface area contributed by atoms with E-state index in [2.05, 4.69) is 10.6 Å². The maximum atomic E-state index is 12.0. The SMILES string of the molecule is CC(=O)Nc1ccc(C(=O)N[C@H](C)C(=O)OC(C)(C)C)s1. The first-order chi connectivity index (χ1) is 9.58. The third kappa shape index (κ3) is 5.95. The first-order valence-electron chi connectivity index (χ1n) is 6.49. The van der Waals surface area contributed by atoms with Gasteiger partial charge in [0.2, 0.25) is 5.91 Å². The summed E-state index contributed by atoms with van der Waals surface area (Å²) in [6.07, 6.45) is 0. The molecule has 1 rings (SSSR count). The maximum Gasteiger partial charge on any atom is 0.328 e. The summed E-state index contributed by atoms with van der Waals surface area (Å²) in [4.78, 5) is 35.1. The van der Waals surface area contributed by atoms with Gasteiger partial charge in [-0.2, -0.15) is 0 Å². The van der Waals surface area contributed by atoms with Crippen LogP contribution in [0.4, 0.5) is 5.00 Å². The van der Waals surface area contributed by atoms with Gasteiger partial charge >= 0.3 is 5.97 Å². The van der Waals surface area contributed by atoms with Gasteiger partial charge in [0.1, 0.15) is 11.6 Å². The van der Waals surface area contributed by atoms with E-state index in [-0.39, 0.29) is 11.8 Å². The number of hydrogen-bond acceptors (Lipinski definition) is 5. The van der Waals surface area contributed by atoms with Crippen LogP contribution in [-0.4, -0.2) is 29.4 Å². The molecule has 0 spiro atoms. The van der Waals surface area contributed by atoms with Crippen molar-refractivity contribution in [2.24, 2.45) is 0 Å². The van der Waals surface area contributed by atoms with Crippen molar-refractivity contribution < 1.29 is 19.1 Å². The van der Waals surface area contributed by atoms with Crippen molar-refractivity contribution in [2.75, 3.05) is 5.32 Å². The summed E-state index contributed by atoms with van der Waals surface area (Å²) in [7, 11) is 0. The van der Waals surface area contributed by atoms with Crippen LogP contribution in [0, 0.1) is 0 Å². The Bertz CT molecular complexity index is 545. The number of amides is 2. The lowest BCUT2D eigenvalue weighted by Crippen LogP contribution is -2.42. The molecule has 2 N–H and O–H groups in total. The molecular formula is C14H20N2O4S. The number of thiophene rings is 1. The fourth-order valence-electron chi connectivity index (χ4n) is 1.42. The van der Waals surface area contributed by atoms with Crippen molar-refractivity contribution in [1.29, 1.82) is 0 Å². The Balaban J connectivity index is 2.62. The number of ether oxygens (including phenoxy) is 1. The molecule has 116 valence electrons. The zero-order valence-corrected chi connectivity index (χ0v) is 13.6. The Labute approximate surface area is 127 Å². The normalized spacial score (nSPS) is 12.4. The monoisotopic (exact) mass is 312 g/mol. The number of hydrogen-bond donors (Lipinski definition) is 2. The summed E-state index contributed by atoms with van der Waals surface area (Å²) < 4.78 is 5.19. The van der Waals surface area contributed by atoms with Crippen LogP contribution in [-0.2, 0) is 14.3 Å². The van der Waals surface area contributed by atoms with Crippen molar-refractivity contribution in [3.8, 4) is 0 Å². The van der Waals surface area contributed by atoms with Gasteiger partial charge in [-0.15, -0.1) is 11.3 Å². The topological polar surface area (TPSA) is 84.5 Å². The highest BCUT2D eigenvalue weighted by atomic mass is 32.1. The zero-order valence-electron chi connectivity index (χ0n) is 12.8. The van der Waals surface area contributed by atoms with E-state index in [0.717, 1.165) is 11.3 Å². The first-order valence-corrected chi connectivity index (χ1v) is 7.31. The lowest BCUT2D eigenvalue weighted by atomic mass is 10.2. The van der Waals surface area contributed by atoms with Crippen LogP contribution >= 0.6 is 11.3 Å². The Morgan fingerprint density at radius 1 is 1.24 bits per heavy atom. The third-order valence-corrected chi connectivity index (χ3v) is 3.24. The Kier molecular flexibility index (Phi) is 5.48. The Hall–Kier alpha value is -1.89. The van der Waals surface area contributed by atoms with E-state index in [1.807, 2.05) is 0 Å². The van der Waals surface area contributed by atoms with Gasteiger partial charge in [0.25, 0.3) is 5.91 Å². The van der Waals surface area contributed by atoms with E-state index >= 15 is 0 Å². The van der Waals surface area contributed by atoms with Gasteiger partial charge in [-0.05, 0) is 39.8 Å². The van der Waals surface area contributed by atoms with E-state index in [1.165, 1.54) is 6.92 Å². The van der Waals surface area contributed by atoms with E-state index < -0.39 is 17.6 Å². The zero-order chi connectivity index (χ0) is 16.2. The molecule has 0 radical (unpaired) electrons. The summed E-state index contributed by atoms with van der Waals surface area (Å²) in [5, 5.41) is 5.75. The van der Waals surface area contributed by atoms with Crippen LogP contribution in [0.5, 0.6) is 0 Å². The summed E-state index contributed by atoms with van der Waals surface area (Å²) in [6, 6.07) is 2.48. The molecule has 7 heteroatoms. The number of anilines is 1. The second-order valence-electron chi connectivity index (χ2n) is 5.57. The summed E-state index contributed by atoms with van der Waals surface area (Å²) in [5.41, 5.74) is -0.600. The number of rotatable bonds is 4. The number of carbonyl (C=O) groups is 3. The molecule has 0 aliphatic carbocycles. The Morgan fingerprint density at radius 3 is 2.38 bits per heavy atom. The minimum absolute atomic E-state index is 0.203. The highest BCUT2D eigenvalue weighted by Crippen LogP contribution is 2.21. The fraction of sp³-hybridized carbons (Fsp3) is 0.500. The lowest BCUT2D eigenvalue weighted by molar-refractivity contribution is -0.156. The van der Waals surface area contributed by atoms with Crippen molar-refractivity contribution in [3.05, 3.63) is 17.0 Å². The molecule has 6 nitrogen and oxygen atoms in total. The molecule has 1 aromatic heterocycles. The molecule has 1 aromatic rings. The van der Waals surface area contributed by atoms with Crippen LogP contribution in [0.25, 0.3) is 0 Å². The smallest absolute Gasteiger partial charge is 0.328 e. The molecular weight excluding hydrogens is 292 g/mol. The van der Waals surface area contributed by atoms with E-state index in [9.17, 15) is 14.4 Å². The fourth-order valence-corrected chi connectivity index (χ4v) is 2.27. The molecule has 0 saturated carbocycles. The molecule has 0 unspecified atom stereocenters. The average Bonchev–Trinajstić information content (AvgIpc) is 2.74. The van der Waals surface area contributed by atoms with Gasteiger partial charge in [0, 0.05) is 6.92 Å². The highest BCUT2D eigenvalue weighted by molar-refractivity contribution is 7.18. The highest BCUT2D eigenvalue weighted by Gasteiger charge is 2.23. The summed E-state index contributed by atoms with van der Waals surface area (Å²) >= 11 is 1.14. The van der Waals surface area contributed by atoms with Crippen molar-refractivity contribution in [1.82, 2.24) is 5.32 Å². The quantitative estimate of drug-likeness (QED) is 0.834. The van der Waals surface area contributed by atoms with Crippen molar-refractivity contribution >= 4 is 34.1 Å². The van der Waals surface area contributed by atoms with Crippen LogP contribution in [0.3, 0.4) is 0 Å². The van der Waals surface area contributed by atoms with Gasteiger partial charge in [0.05, 0.1) is 9.88 Å². The molecule has 1 atom stereocenters. The van der Waals surface area contributed by atoms with Crippen LogP contribution in [0.1, 0.15) is 44.3 Å². The molecule has 0 aliphatic heterocycles. The van der Waals surface area contributed by atoms with Crippen LogP contribution in [0.15, 0.2) is 12.1 Å². The number of carbonyl (C=O) groups excluding carboxylic acids is 3. The maximum absolute atomic E-state index is 12.0. The van der Waals surface area contributed by atoms with Gasteiger partial charge in [0.15, 0.2) is 0 Å². The summed E-state index contributed by atoms with van der Waals surface area (Å²) in [6.45, 7) is 8.24. The van der Waals surface area contributed by atoms with Crippen molar-refractivity contribution in [3.63, 3.8) is 0 Å². The Morgan fingerprint density at radius 2 is 1.86 bits per heavy atom. The minimum atomic E-state index is -0.747. The van der Waals surface area contributed by atoms with Crippen molar-refractivity contribution in [2.45, 2.75) is 46.3 Å². The van der Waals surface area contributed by atoms with Gasteiger partial charge in [-0.1, -0.05) is 0 Å². The van der Waals surface area contributed by atoms with E-state index in [0.29, 0.717) is 9.88 Å². The molecule has 0 aliphatic rings. The largest absolute Gasteiger partial charge is 0.458 e. The number of esters is 1. The predicted octanol–water partition coefficient (Wildman–Crippen LogP) is 2.17. The van der Waals surface area contributed by atoms with Crippen LogP contribution < -0.4 is 10.6 Å². The second-order valence-corrected chi connectivity index (χ2v) is 6.66. The standard InChI is InChI=1S/C14H20N2O4S/c1-8(13(19)20-14(3,4)5)15-12(18)10-6-7-11(21-10)16-9(2)17/h6-8H,1-5H3,(H,15,18)(H,16,17)/t8-/m1/s1.